The summed E-state index contributed by atoms with van der Waals surface area (Å²) in [6, 6.07) is 0.793. The topological polar surface area (TPSA) is 21.3 Å². The lowest BCUT2D eigenvalue weighted by molar-refractivity contribution is 0.0535. The maximum Gasteiger partial charge on any atom is 0.0468 e. The summed E-state index contributed by atoms with van der Waals surface area (Å²) in [5, 5.41) is 3.51. The fraction of sp³-hybridized carbons (Fsp3) is 1.00. The molecule has 2 unspecified atom stereocenters. The Bertz CT molecular complexity index is 177. The van der Waals surface area contributed by atoms with Crippen molar-refractivity contribution in [3.8, 4) is 0 Å². The van der Waals surface area contributed by atoms with Crippen LogP contribution in [0.2, 0.25) is 0 Å². The molecular weight excluding hydrogens is 186 g/mol. The predicted octanol–water partition coefficient (Wildman–Crippen LogP) is 2.58. The molecule has 2 aliphatic rings. The van der Waals surface area contributed by atoms with Gasteiger partial charge in [0.2, 0.25) is 0 Å². The van der Waals surface area contributed by atoms with Crippen LogP contribution in [0.5, 0.6) is 0 Å². The van der Waals surface area contributed by atoms with E-state index < -0.39 is 0 Å². The zero-order chi connectivity index (χ0) is 10.5. The van der Waals surface area contributed by atoms with Crippen molar-refractivity contribution in [2.75, 3.05) is 20.3 Å². The van der Waals surface area contributed by atoms with Crippen molar-refractivity contribution in [3.63, 3.8) is 0 Å². The summed E-state index contributed by atoms with van der Waals surface area (Å²) in [6.45, 7) is 2.00. The van der Waals surface area contributed by atoms with Gasteiger partial charge in [-0.2, -0.15) is 0 Å². The van der Waals surface area contributed by atoms with E-state index in [9.17, 15) is 0 Å². The van der Waals surface area contributed by atoms with Gasteiger partial charge in [0.25, 0.3) is 0 Å². The largest absolute Gasteiger partial charge is 0.381 e. The minimum atomic E-state index is 0.793. The van der Waals surface area contributed by atoms with Gasteiger partial charge in [-0.15, -0.1) is 0 Å². The first-order chi connectivity index (χ1) is 7.40. The third kappa shape index (κ3) is 3.18. The van der Waals surface area contributed by atoms with Gasteiger partial charge in [0, 0.05) is 19.3 Å². The Hall–Kier alpha value is -0.0800. The zero-order valence-corrected chi connectivity index (χ0v) is 10.0. The number of ether oxygens (including phenoxy) is 1. The average molecular weight is 211 g/mol. The molecule has 0 spiro atoms. The molecule has 0 radical (unpaired) electrons. The molecule has 1 heterocycles. The summed E-state index contributed by atoms with van der Waals surface area (Å²) < 4.78 is 5.43. The quantitative estimate of drug-likeness (QED) is 0.774. The molecule has 2 fully saturated rings. The molecule has 15 heavy (non-hydrogen) atoms. The standard InChI is InChI=1S/C13H25NO/c1-14-13-5-3-2-4-12(13)10-11-6-8-15-9-7-11/h11-14H,2-10H2,1H3. The van der Waals surface area contributed by atoms with Crippen molar-refractivity contribution < 1.29 is 4.74 Å². The minimum absolute atomic E-state index is 0.793. The zero-order valence-electron chi connectivity index (χ0n) is 10.0. The van der Waals surface area contributed by atoms with Gasteiger partial charge < -0.3 is 10.1 Å². The maximum absolute atomic E-state index is 5.43. The Morgan fingerprint density at radius 2 is 1.80 bits per heavy atom. The Balaban J connectivity index is 1.79. The van der Waals surface area contributed by atoms with E-state index in [0.29, 0.717) is 0 Å². The van der Waals surface area contributed by atoms with Gasteiger partial charge in [0.15, 0.2) is 0 Å². The summed E-state index contributed by atoms with van der Waals surface area (Å²) in [4.78, 5) is 0. The van der Waals surface area contributed by atoms with E-state index in [-0.39, 0.29) is 0 Å². The number of rotatable bonds is 3. The van der Waals surface area contributed by atoms with Crippen molar-refractivity contribution in [1.29, 1.82) is 0 Å². The van der Waals surface area contributed by atoms with Gasteiger partial charge in [0.1, 0.15) is 0 Å². The Morgan fingerprint density at radius 3 is 2.53 bits per heavy atom. The second-order valence-corrected chi connectivity index (χ2v) is 5.23. The molecule has 2 nitrogen and oxygen atoms in total. The second kappa shape index (κ2) is 5.86. The van der Waals surface area contributed by atoms with E-state index >= 15 is 0 Å². The van der Waals surface area contributed by atoms with Crippen LogP contribution in [0.25, 0.3) is 0 Å². The van der Waals surface area contributed by atoms with Crippen molar-refractivity contribution >= 4 is 0 Å². The normalized spacial score (nSPS) is 34.2. The first-order valence-corrected chi connectivity index (χ1v) is 6.65. The molecule has 0 aromatic carbocycles. The fourth-order valence-electron chi connectivity index (χ4n) is 3.28. The SMILES string of the molecule is CNC1CCCCC1CC1CCOCC1. The highest BCUT2D eigenvalue weighted by Crippen LogP contribution is 2.32. The van der Waals surface area contributed by atoms with Gasteiger partial charge in [0.05, 0.1) is 0 Å². The molecule has 1 aliphatic heterocycles. The summed E-state index contributed by atoms with van der Waals surface area (Å²) >= 11 is 0. The molecule has 1 aliphatic carbocycles. The third-order valence-electron chi connectivity index (χ3n) is 4.26. The highest BCUT2D eigenvalue weighted by Gasteiger charge is 2.27. The summed E-state index contributed by atoms with van der Waals surface area (Å²) in [5.41, 5.74) is 0. The predicted molar refractivity (Wildman–Crippen MR) is 63.0 cm³/mol. The van der Waals surface area contributed by atoms with Crippen LogP contribution in [0.4, 0.5) is 0 Å². The van der Waals surface area contributed by atoms with E-state index in [1.54, 1.807) is 0 Å². The van der Waals surface area contributed by atoms with Crippen molar-refractivity contribution in [2.24, 2.45) is 11.8 Å². The van der Waals surface area contributed by atoms with Crippen molar-refractivity contribution in [2.45, 2.75) is 51.0 Å². The molecule has 2 rings (SSSR count). The van der Waals surface area contributed by atoms with Crippen LogP contribution in [-0.2, 0) is 4.74 Å². The van der Waals surface area contributed by atoms with Gasteiger partial charge in [-0.1, -0.05) is 12.8 Å². The summed E-state index contributed by atoms with van der Waals surface area (Å²) in [7, 11) is 2.13. The number of nitrogens with one attached hydrogen (secondary N) is 1. The highest BCUT2D eigenvalue weighted by molar-refractivity contribution is 4.82. The monoisotopic (exact) mass is 211 g/mol. The van der Waals surface area contributed by atoms with Crippen molar-refractivity contribution in [3.05, 3.63) is 0 Å². The van der Waals surface area contributed by atoms with Crippen LogP contribution in [0.3, 0.4) is 0 Å². The second-order valence-electron chi connectivity index (χ2n) is 5.23. The van der Waals surface area contributed by atoms with Crippen LogP contribution in [0.1, 0.15) is 44.9 Å². The molecule has 2 heteroatoms. The van der Waals surface area contributed by atoms with E-state index in [0.717, 1.165) is 31.1 Å². The van der Waals surface area contributed by atoms with Gasteiger partial charge in [-0.3, -0.25) is 0 Å². The first-order valence-electron chi connectivity index (χ1n) is 6.65. The Kier molecular flexibility index (Phi) is 4.45. The Labute approximate surface area is 93.8 Å². The Morgan fingerprint density at radius 1 is 1.07 bits per heavy atom. The van der Waals surface area contributed by atoms with E-state index in [1.807, 2.05) is 0 Å². The summed E-state index contributed by atoms with van der Waals surface area (Å²) in [6.07, 6.45) is 9.75. The highest BCUT2D eigenvalue weighted by atomic mass is 16.5. The van der Waals surface area contributed by atoms with Gasteiger partial charge >= 0.3 is 0 Å². The molecular formula is C13H25NO. The van der Waals surface area contributed by atoms with E-state index in [4.69, 9.17) is 4.74 Å². The average Bonchev–Trinajstić information content (AvgIpc) is 2.31. The van der Waals surface area contributed by atoms with E-state index in [2.05, 4.69) is 12.4 Å². The van der Waals surface area contributed by atoms with Gasteiger partial charge in [-0.25, -0.2) is 0 Å². The number of hydrogen-bond donors (Lipinski definition) is 1. The molecule has 1 saturated carbocycles. The molecule has 0 bridgehead atoms. The molecule has 0 aromatic rings. The van der Waals surface area contributed by atoms with Crippen LogP contribution in [-0.4, -0.2) is 26.3 Å². The summed E-state index contributed by atoms with van der Waals surface area (Å²) in [5.74, 6) is 1.88. The van der Waals surface area contributed by atoms with Gasteiger partial charge in [-0.05, 0) is 51.0 Å². The number of hydrogen-bond acceptors (Lipinski definition) is 2. The lowest BCUT2D eigenvalue weighted by Crippen LogP contribution is -2.37. The van der Waals surface area contributed by atoms with Crippen LogP contribution in [0.15, 0.2) is 0 Å². The lowest BCUT2D eigenvalue weighted by atomic mass is 9.77. The maximum atomic E-state index is 5.43. The molecule has 0 aromatic heterocycles. The fourth-order valence-corrected chi connectivity index (χ4v) is 3.28. The first kappa shape index (κ1) is 11.4. The molecule has 0 amide bonds. The van der Waals surface area contributed by atoms with Crippen LogP contribution >= 0.6 is 0 Å². The van der Waals surface area contributed by atoms with Crippen molar-refractivity contribution in [1.82, 2.24) is 5.32 Å². The van der Waals surface area contributed by atoms with E-state index in [1.165, 1.54) is 44.9 Å². The van der Waals surface area contributed by atoms with Crippen LogP contribution < -0.4 is 5.32 Å². The minimum Gasteiger partial charge on any atom is -0.381 e. The smallest absolute Gasteiger partial charge is 0.0468 e. The molecule has 2 atom stereocenters. The third-order valence-corrected chi connectivity index (χ3v) is 4.26. The lowest BCUT2D eigenvalue weighted by Gasteiger charge is -2.35. The molecule has 1 saturated heterocycles. The molecule has 88 valence electrons. The van der Waals surface area contributed by atoms with Crippen LogP contribution in [0, 0.1) is 11.8 Å². The molecule has 1 N–H and O–H groups in total.